The molecule has 12 heteroatoms. The molecule has 0 aliphatic rings. The molecule has 29 heavy (non-hydrogen) atoms. The SMILES string of the molecule is O=C(NCCNc1ccc(C(F)(F)F)cc1[N+](=O)[O-])c1cc(-c2cccs2)on1. The van der Waals surface area contributed by atoms with Gasteiger partial charge in [-0.25, -0.2) is 0 Å². The van der Waals surface area contributed by atoms with Crippen LogP contribution in [-0.4, -0.2) is 29.1 Å². The summed E-state index contributed by atoms with van der Waals surface area (Å²) in [5, 5.41) is 21.8. The molecular formula is C17H13F3N4O4S. The van der Waals surface area contributed by atoms with Crippen molar-refractivity contribution in [3.05, 3.63) is 63.1 Å². The summed E-state index contributed by atoms with van der Waals surface area (Å²) in [6, 6.07) is 7.31. The number of benzene rings is 1. The van der Waals surface area contributed by atoms with E-state index in [1.165, 1.54) is 17.4 Å². The van der Waals surface area contributed by atoms with Crippen molar-refractivity contribution >= 4 is 28.6 Å². The quantitative estimate of drug-likeness (QED) is 0.333. The molecule has 152 valence electrons. The van der Waals surface area contributed by atoms with Gasteiger partial charge in [0, 0.05) is 25.2 Å². The highest BCUT2D eigenvalue weighted by Gasteiger charge is 2.33. The van der Waals surface area contributed by atoms with Crippen molar-refractivity contribution in [2.75, 3.05) is 18.4 Å². The van der Waals surface area contributed by atoms with Gasteiger partial charge in [-0.1, -0.05) is 11.2 Å². The second kappa shape index (κ2) is 8.31. The largest absolute Gasteiger partial charge is 0.416 e. The summed E-state index contributed by atoms with van der Waals surface area (Å²) in [7, 11) is 0. The van der Waals surface area contributed by atoms with Crippen molar-refractivity contribution in [2.45, 2.75) is 6.18 Å². The molecule has 8 nitrogen and oxygen atoms in total. The van der Waals surface area contributed by atoms with Crippen molar-refractivity contribution in [3.8, 4) is 10.6 Å². The van der Waals surface area contributed by atoms with E-state index in [-0.39, 0.29) is 24.5 Å². The van der Waals surface area contributed by atoms with Crippen LogP contribution in [-0.2, 0) is 6.18 Å². The van der Waals surface area contributed by atoms with E-state index < -0.39 is 28.3 Å². The van der Waals surface area contributed by atoms with Crippen molar-refractivity contribution in [1.82, 2.24) is 10.5 Å². The van der Waals surface area contributed by atoms with Crippen molar-refractivity contribution in [2.24, 2.45) is 0 Å². The monoisotopic (exact) mass is 426 g/mol. The summed E-state index contributed by atoms with van der Waals surface area (Å²) in [5.74, 6) is -0.0658. The van der Waals surface area contributed by atoms with E-state index in [0.29, 0.717) is 11.8 Å². The van der Waals surface area contributed by atoms with Gasteiger partial charge in [-0.2, -0.15) is 13.2 Å². The molecule has 2 heterocycles. The van der Waals surface area contributed by atoms with Gasteiger partial charge < -0.3 is 15.2 Å². The zero-order valence-corrected chi connectivity index (χ0v) is 15.3. The Hall–Kier alpha value is -3.41. The molecule has 3 aromatic rings. The number of hydrogen-bond acceptors (Lipinski definition) is 7. The average Bonchev–Trinajstić information content (AvgIpc) is 3.35. The predicted octanol–water partition coefficient (Wildman–Crippen LogP) is 4.17. The fourth-order valence-electron chi connectivity index (χ4n) is 2.39. The van der Waals surface area contributed by atoms with E-state index >= 15 is 0 Å². The first-order chi connectivity index (χ1) is 13.8. The van der Waals surface area contributed by atoms with Gasteiger partial charge >= 0.3 is 6.18 Å². The van der Waals surface area contributed by atoms with Crippen LogP contribution in [0.4, 0.5) is 24.5 Å². The van der Waals surface area contributed by atoms with Gasteiger partial charge in [0.25, 0.3) is 11.6 Å². The van der Waals surface area contributed by atoms with Gasteiger partial charge in [0.2, 0.25) is 0 Å². The fraction of sp³-hybridized carbons (Fsp3) is 0.176. The number of nitro groups is 1. The third-order valence-corrected chi connectivity index (χ3v) is 4.64. The van der Waals surface area contributed by atoms with Gasteiger partial charge in [0.1, 0.15) is 5.69 Å². The standard InChI is InChI=1S/C17H13F3N4O4S/c18-17(19,20)10-3-4-11(13(8-10)24(26)27)21-5-6-22-16(25)12-9-14(28-23-12)15-2-1-7-29-15/h1-4,7-9,21H,5-6H2,(H,22,25). The lowest BCUT2D eigenvalue weighted by Crippen LogP contribution is -2.29. The summed E-state index contributed by atoms with van der Waals surface area (Å²) < 4.78 is 43.2. The molecule has 0 bridgehead atoms. The number of nitrogens with zero attached hydrogens (tertiary/aromatic N) is 2. The minimum atomic E-state index is -4.68. The maximum Gasteiger partial charge on any atom is 0.416 e. The number of carbonyl (C=O) groups is 1. The van der Waals surface area contributed by atoms with Crippen LogP contribution in [0.5, 0.6) is 0 Å². The van der Waals surface area contributed by atoms with E-state index in [1.54, 1.807) is 0 Å². The molecule has 1 amide bonds. The number of amides is 1. The Morgan fingerprint density at radius 1 is 1.24 bits per heavy atom. The summed E-state index contributed by atoms with van der Waals surface area (Å²) in [5.41, 5.74) is -1.84. The molecule has 0 atom stereocenters. The normalized spacial score (nSPS) is 11.3. The van der Waals surface area contributed by atoms with Gasteiger partial charge in [-0.05, 0) is 23.6 Å². The molecular weight excluding hydrogens is 413 g/mol. The van der Waals surface area contributed by atoms with Gasteiger partial charge in [0.15, 0.2) is 11.5 Å². The third-order valence-electron chi connectivity index (χ3n) is 3.75. The third kappa shape index (κ3) is 4.90. The molecule has 0 aliphatic heterocycles. The van der Waals surface area contributed by atoms with Crippen LogP contribution in [0.1, 0.15) is 16.1 Å². The number of alkyl halides is 3. The number of aromatic nitrogens is 1. The smallest absolute Gasteiger partial charge is 0.378 e. The predicted molar refractivity (Wildman–Crippen MR) is 98.7 cm³/mol. The topological polar surface area (TPSA) is 110 Å². The molecule has 0 fully saturated rings. The molecule has 0 unspecified atom stereocenters. The Morgan fingerprint density at radius 3 is 2.69 bits per heavy atom. The second-order valence-corrected chi connectivity index (χ2v) is 6.67. The molecule has 0 saturated heterocycles. The number of carbonyl (C=O) groups excluding carboxylic acids is 1. The van der Waals surface area contributed by atoms with Crippen molar-refractivity contribution in [3.63, 3.8) is 0 Å². The molecule has 0 spiro atoms. The second-order valence-electron chi connectivity index (χ2n) is 5.72. The van der Waals surface area contributed by atoms with E-state index in [4.69, 9.17) is 4.52 Å². The molecule has 3 rings (SSSR count). The highest BCUT2D eigenvalue weighted by molar-refractivity contribution is 7.13. The number of rotatable bonds is 7. The van der Waals surface area contributed by atoms with E-state index in [2.05, 4.69) is 15.8 Å². The Kier molecular flexibility index (Phi) is 5.82. The lowest BCUT2D eigenvalue weighted by atomic mass is 10.1. The van der Waals surface area contributed by atoms with Crippen LogP contribution in [0.3, 0.4) is 0 Å². The molecule has 0 radical (unpaired) electrons. The number of thiophene rings is 1. The molecule has 1 aromatic carbocycles. The Labute approximate surface area is 165 Å². The van der Waals surface area contributed by atoms with Crippen LogP contribution < -0.4 is 10.6 Å². The first-order valence-corrected chi connectivity index (χ1v) is 9.02. The highest BCUT2D eigenvalue weighted by atomic mass is 32.1. The maximum absolute atomic E-state index is 12.7. The minimum Gasteiger partial charge on any atom is -0.378 e. The molecule has 2 N–H and O–H groups in total. The number of halogens is 3. The zero-order chi connectivity index (χ0) is 21.0. The number of nitro benzene ring substituents is 1. The zero-order valence-electron chi connectivity index (χ0n) is 14.5. The minimum absolute atomic E-state index is 0.0492. The van der Waals surface area contributed by atoms with Crippen molar-refractivity contribution < 1.29 is 27.4 Å². The summed E-state index contributed by atoms with van der Waals surface area (Å²) in [6.07, 6.45) is -4.68. The van der Waals surface area contributed by atoms with Crippen LogP contribution in [0.25, 0.3) is 10.6 Å². The number of anilines is 1. The Morgan fingerprint density at radius 2 is 2.03 bits per heavy atom. The lowest BCUT2D eigenvalue weighted by Gasteiger charge is -2.10. The van der Waals surface area contributed by atoms with Gasteiger partial charge in [-0.3, -0.25) is 14.9 Å². The fourth-order valence-corrected chi connectivity index (χ4v) is 3.06. The Balaban J connectivity index is 1.56. The number of nitrogens with one attached hydrogen (secondary N) is 2. The Bertz CT molecular complexity index is 1020. The van der Waals surface area contributed by atoms with E-state index in [0.717, 1.165) is 17.0 Å². The number of hydrogen-bond donors (Lipinski definition) is 2. The molecule has 2 aromatic heterocycles. The van der Waals surface area contributed by atoms with Crippen LogP contribution in [0.2, 0.25) is 0 Å². The van der Waals surface area contributed by atoms with Gasteiger partial charge in [-0.15, -0.1) is 11.3 Å². The highest BCUT2D eigenvalue weighted by Crippen LogP contribution is 2.34. The lowest BCUT2D eigenvalue weighted by molar-refractivity contribution is -0.384. The van der Waals surface area contributed by atoms with Crippen molar-refractivity contribution in [1.29, 1.82) is 0 Å². The summed E-state index contributed by atoms with van der Waals surface area (Å²) >= 11 is 1.43. The van der Waals surface area contributed by atoms with Gasteiger partial charge in [0.05, 0.1) is 15.4 Å². The first kappa shape index (κ1) is 20.3. The molecule has 0 aliphatic carbocycles. The summed E-state index contributed by atoms with van der Waals surface area (Å²) in [6.45, 7) is 0.103. The molecule has 0 saturated carbocycles. The maximum atomic E-state index is 12.7. The first-order valence-electron chi connectivity index (χ1n) is 8.14. The van der Waals surface area contributed by atoms with Crippen LogP contribution in [0.15, 0.2) is 46.3 Å². The average molecular weight is 426 g/mol. The van der Waals surface area contributed by atoms with E-state index in [1.807, 2.05) is 17.5 Å². The summed E-state index contributed by atoms with van der Waals surface area (Å²) in [4.78, 5) is 23.0. The van der Waals surface area contributed by atoms with Crippen LogP contribution in [0, 0.1) is 10.1 Å². The van der Waals surface area contributed by atoms with Crippen LogP contribution >= 0.6 is 11.3 Å². The van der Waals surface area contributed by atoms with E-state index in [9.17, 15) is 28.1 Å².